The van der Waals surface area contributed by atoms with E-state index in [1.165, 1.54) is 5.56 Å². The molecule has 1 saturated heterocycles. The van der Waals surface area contributed by atoms with Crippen LogP contribution in [0.1, 0.15) is 17.1 Å². The van der Waals surface area contributed by atoms with Gasteiger partial charge in [0.25, 0.3) is 0 Å². The number of para-hydroxylation sites is 2. The summed E-state index contributed by atoms with van der Waals surface area (Å²) >= 11 is 0. The average Bonchev–Trinajstić information content (AvgIpc) is 3.13. The Balaban J connectivity index is 1.21. The molecule has 1 aliphatic rings. The number of nitrogens with one attached hydrogen (secondary N) is 1. The molecule has 0 bridgehead atoms. The zero-order chi connectivity index (χ0) is 19.3. The number of carbonyl (C=O) groups excluding carboxylic acids is 1. The summed E-state index contributed by atoms with van der Waals surface area (Å²) in [6.45, 7) is 6.45. The van der Waals surface area contributed by atoms with Crippen LogP contribution >= 0.6 is 0 Å². The molecule has 28 heavy (non-hydrogen) atoms. The van der Waals surface area contributed by atoms with Crippen molar-refractivity contribution < 1.29 is 9.53 Å². The zero-order valence-electron chi connectivity index (χ0n) is 16.1. The van der Waals surface area contributed by atoms with Gasteiger partial charge in [-0.2, -0.15) is 0 Å². The maximum Gasteiger partial charge on any atom is 0.248 e. The highest BCUT2D eigenvalue weighted by molar-refractivity contribution is 5.77. The molecule has 0 saturated carbocycles. The Morgan fingerprint density at radius 3 is 2.75 bits per heavy atom. The number of nitrogens with zero attached hydrogens (tertiary/aromatic N) is 4. The number of hydrogen-bond donors (Lipinski definition) is 1. The fourth-order valence-electron chi connectivity index (χ4n) is 3.45. The van der Waals surface area contributed by atoms with Gasteiger partial charge in [0.2, 0.25) is 5.91 Å². The third-order valence-electron chi connectivity index (χ3n) is 5.12. The Hall–Kier alpha value is -2.77. The molecule has 0 spiro atoms. The normalized spacial score (nSPS) is 15.2. The highest BCUT2D eigenvalue weighted by atomic mass is 16.5. The molecule has 7 nitrogen and oxygen atoms in total. The summed E-state index contributed by atoms with van der Waals surface area (Å²) in [4.78, 5) is 28.8. The second-order valence-electron chi connectivity index (χ2n) is 7.12. The maximum atomic E-state index is 12.4. The van der Waals surface area contributed by atoms with Gasteiger partial charge in [0.05, 0.1) is 16.7 Å². The number of aryl methyl sites for hydroxylation is 1. The number of carbonyl (C=O) groups is 1. The third-order valence-corrected chi connectivity index (χ3v) is 5.12. The highest BCUT2D eigenvalue weighted by Gasteiger charge is 2.21. The van der Waals surface area contributed by atoms with E-state index in [1.54, 1.807) is 0 Å². The van der Waals surface area contributed by atoms with Crippen LogP contribution in [0.5, 0.6) is 0 Å². The molecule has 1 N–H and O–H groups in total. The summed E-state index contributed by atoms with van der Waals surface area (Å²) in [7, 11) is 0. The molecule has 1 fully saturated rings. The van der Waals surface area contributed by atoms with Gasteiger partial charge in [-0.05, 0) is 30.7 Å². The van der Waals surface area contributed by atoms with Crippen molar-refractivity contribution in [2.75, 3.05) is 32.8 Å². The second-order valence-corrected chi connectivity index (χ2v) is 7.12. The summed E-state index contributed by atoms with van der Waals surface area (Å²) in [6, 6.07) is 11.9. The fraction of sp³-hybridized carbons (Fsp3) is 0.381. The number of hydrogen-bond acceptors (Lipinski definition) is 5. The molecule has 0 radical (unpaired) electrons. The lowest BCUT2D eigenvalue weighted by Crippen LogP contribution is -2.49. The van der Waals surface area contributed by atoms with Crippen molar-refractivity contribution in [3.8, 4) is 0 Å². The number of ether oxygens (including phenoxy) is 1. The second kappa shape index (κ2) is 8.50. The maximum absolute atomic E-state index is 12.4. The van der Waals surface area contributed by atoms with Gasteiger partial charge in [0.1, 0.15) is 19.0 Å². The fourth-order valence-corrected chi connectivity index (χ4v) is 3.45. The van der Waals surface area contributed by atoms with E-state index < -0.39 is 0 Å². The van der Waals surface area contributed by atoms with Gasteiger partial charge in [-0.1, -0.05) is 18.2 Å². The van der Waals surface area contributed by atoms with Crippen molar-refractivity contribution in [2.24, 2.45) is 0 Å². The van der Waals surface area contributed by atoms with E-state index >= 15 is 0 Å². The van der Waals surface area contributed by atoms with Gasteiger partial charge in [-0.3, -0.25) is 14.7 Å². The molecule has 0 atom stereocenters. The molecule has 146 valence electrons. The number of benzene rings is 1. The summed E-state index contributed by atoms with van der Waals surface area (Å²) in [6.07, 6.45) is 1.83. The van der Waals surface area contributed by atoms with E-state index in [4.69, 9.17) is 4.74 Å². The molecule has 3 aromatic rings. The predicted octanol–water partition coefficient (Wildman–Crippen LogP) is 2.13. The van der Waals surface area contributed by atoms with Crippen molar-refractivity contribution in [2.45, 2.75) is 20.1 Å². The highest BCUT2D eigenvalue weighted by Crippen LogP contribution is 2.12. The third kappa shape index (κ3) is 4.37. The van der Waals surface area contributed by atoms with Crippen LogP contribution in [0.2, 0.25) is 0 Å². The molecule has 0 unspecified atom stereocenters. The van der Waals surface area contributed by atoms with Crippen molar-refractivity contribution in [3.63, 3.8) is 0 Å². The minimum atomic E-state index is 0.0322. The van der Waals surface area contributed by atoms with Crippen LogP contribution in [-0.4, -0.2) is 63.4 Å². The van der Waals surface area contributed by atoms with Crippen LogP contribution in [0, 0.1) is 6.92 Å². The molecular weight excluding hydrogens is 354 g/mol. The number of H-pyrrole nitrogens is 1. The minimum absolute atomic E-state index is 0.0322. The summed E-state index contributed by atoms with van der Waals surface area (Å²) < 4.78 is 5.59. The Morgan fingerprint density at radius 1 is 1.14 bits per heavy atom. The van der Waals surface area contributed by atoms with Gasteiger partial charge >= 0.3 is 0 Å². The van der Waals surface area contributed by atoms with E-state index in [0.29, 0.717) is 6.61 Å². The first-order chi connectivity index (χ1) is 13.7. The summed E-state index contributed by atoms with van der Waals surface area (Å²) in [5.74, 6) is 0.773. The molecule has 4 rings (SSSR count). The zero-order valence-corrected chi connectivity index (χ0v) is 16.1. The van der Waals surface area contributed by atoms with Crippen LogP contribution in [0.3, 0.4) is 0 Å². The van der Waals surface area contributed by atoms with E-state index in [1.807, 2.05) is 41.4 Å². The number of aromatic nitrogens is 3. The number of piperazine rings is 1. The lowest BCUT2D eigenvalue weighted by atomic mass is 10.2. The average molecular weight is 379 g/mol. The van der Waals surface area contributed by atoms with Gasteiger partial charge in [0, 0.05) is 38.9 Å². The Morgan fingerprint density at radius 2 is 1.96 bits per heavy atom. The minimum Gasteiger partial charge on any atom is -0.364 e. The molecule has 0 aliphatic carbocycles. The van der Waals surface area contributed by atoms with Gasteiger partial charge in [-0.15, -0.1) is 0 Å². The first kappa shape index (κ1) is 18.6. The molecule has 7 heteroatoms. The van der Waals surface area contributed by atoms with Gasteiger partial charge in [-0.25, -0.2) is 4.98 Å². The predicted molar refractivity (Wildman–Crippen MR) is 107 cm³/mol. The SMILES string of the molecule is Cc1cccnc1CN1CCN(C(=O)COCc2nc3ccccc3[nH]2)CC1. The lowest BCUT2D eigenvalue weighted by Gasteiger charge is -2.34. The number of aromatic amines is 1. The van der Waals surface area contributed by atoms with E-state index in [-0.39, 0.29) is 12.5 Å². The molecule has 1 aromatic carbocycles. The van der Waals surface area contributed by atoms with Crippen molar-refractivity contribution in [1.82, 2.24) is 24.8 Å². The number of fused-ring (bicyclic) bond motifs is 1. The van der Waals surface area contributed by atoms with Gasteiger partial charge < -0.3 is 14.6 Å². The summed E-state index contributed by atoms with van der Waals surface area (Å²) in [5, 5.41) is 0. The molecule has 1 amide bonds. The first-order valence-corrected chi connectivity index (χ1v) is 9.61. The van der Waals surface area contributed by atoms with Crippen LogP contribution in [-0.2, 0) is 22.7 Å². The number of imidazole rings is 1. The van der Waals surface area contributed by atoms with Crippen LogP contribution in [0.4, 0.5) is 0 Å². The van der Waals surface area contributed by atoms with Gasteiger partial charge in [0.15, 0.2) is 0 Å². The lowest BCUT2D eigenvalue weighted by molar-refractivity contribution is -0.138. The number of pyridine rings is 1. The number of rotatable bonds is 6. The van der Waals surface area contributed by atoms with E-state index in [9.17, 15) is 4.79 Å². The van der Waals surface area contributed by atoms with Crippen molar-refractivity contribution in [1.29, 1.82) is 0 Å². The molecule has 1 aliphatic heterocycles. The Kier molecular flexibility index (Phi) is 5.64. The molecular formula is C21H25N5O2. The monoisotopic (exact) mass is 379 g/mol. The molecule has 2 aromatic heterocycles. The molecule has 3 heterocycles. The van der Waals surface area contributed by atoms with E-state index in [2.05, 4.69) is 32.8 Å². The Bertz CT molecular complexity index is 914. The smallest absolute Gasteiger partial charge is 0.248 e. The summed E-state index contributed by atoms with van der Waals surface area (Å²) in [5.41, 5.74) is 4.20. The van der Waals surface area contributed by atoms with Crippen molar-refractivity contribution in [3.05, 3.63) is 59.7 Å². The van der Waals surface area contributed by atoms with Crippen LogP contribution in [0.25, 0.3) is 11.0 Å². The topological polar surface area (TPSA) is 74.3 Å². The first-order valence-electron chi connectivity index (χ1n) is 9.61. The van der Waals surface area contributed by atoms with Crippen molar-refractivity contribution >= 4 is 16.9 Å². The number of amides is 1. The quantitative estimate of drug-likeness (QED) is 0.710. The standard InChI is InChI=1S/C21H25N5O2/c1-16-5-4-8-22-19(16)13-25-9-11-26(12-10-25)21(27)15-28-14-20-23-17-6-2-3-7-18(17)24-20/h2-8H,9-15H2,1H3,(H,23,24). The van der Waals surface area contributed by atoms with Crippen LogP contribution in [0.15, 0.2) is 42.6 Å². The van der Waals surface area contributed by atoms with Crippen LogP contribution < -0.4 is 0 Å². The largest absolute Gasteiger partial charge is 0.364 e. The van der Waals surface area contributed by atoms with E-state index in [0.717, 1.165) is 55.3 Å². The Labute approximate surface area is 164 Å².